The Hall–Kier alpha value is -3.61. The second-order valence-corrected chi connectivity index (χ2v) is 5.43. The van der Waals surface area contributed by atoms with E-state index in [0.29, 0.717) is 0 Å². The van der Waals surface area contributed by atoms with Gasteiger partial charge in [0.1, 0.15) is 12.0 Å². The first-order valence-electron chi connectivity index (χ1n) is 7.42. The molecule has 5 heterocycles. The molecular formula is C17H11N7. The molecule has 0 amide bonds. The van der Waals surface area contributed by atoms with E-state index in [9.17, 15) is 0 Å². The van der Waals surface area contributed by atoms with Crippen LogP contribution in [0.15, 0.2) is 55.4 Å². The topological polar surface area (TPSA) is 96.0 Å². The Bertz CT molecular complexity index is 1120. The summed E-state index contributed by atoms with van der Waals surface area (Å²) in [7, 11) is 0. The second-order valence-electron chi connectivity index (χ2n) is 5.43. The largest absolute Gasteiger partial charge is 0.352 e. The summed E-state index contributed by atoms with van der Waals surface area (Å²) < 4.78 is 0. The van der Waals surface area contributed by atoms with E-state index < -0.39 is 0 Å². The fourth-order valence-corrected chi connectivity index (χ4v) is 2.79. The lowest BCUT2D eigenvalue weighted by atomic mass is 10.1. The van der Waals surface area contributed by atoms with Crippen molar-refractivity contribution < 1.29 is 0 Å². The lowest BCUT2D eigenvalue weighted by Gasteiger charge is -2.00. The number of fused-ring (bicyclic) bond motifs is 2. The average Bonchev–Trinajstić information content (AvgIpc) is 3.25. The lowest BCUT2D eigenvalue weighted by Crippen LogP contribution is -1.86. The van der Waals surface area contributed by atoms with Crippen LogP contribution in [-0.2, 0) is 0 Å². The smallest absolute Gasteiger partial charge is 0.116 e. The third-order valence-corrected chi connectivity index (χ3v) is 3.95. The predicted octanol–water partition coefficient (Wildman–Crippen LogP) is 2.96. The van der Waals surface area contributed by atoms with Crippen molar-refractivity contribution in [3.05, 3.63) is 55.4 Å². The molecule has 0 aromatic carbocycles. The van der Waals surface area contributed by atoms with Gasteiger partial charge in [-0.2, -0.15) is 5.10 Å². The highest BCUT2D eigenvalue weighted by Gasteiger charge is 2.13. The minimum atomic E-state index is 0.806. The number of nitrogens with zero attached hydrogens (tertiary/aromatic N) is 5. The molecule has 2 N–H and O–H groups in total. The standard InChI is InChI=1S/C17H11N7/c1-2-12-14(20-3-1)5-15(22-12)17-11-4-13(10-6-18-9-19-7-10)21-8-16(11)23-24-17/h1-9,22H,(H,23,24). The van der Waals surface area contributed by atoms with E-state index in [1.54, 1.807) is 24.8 Å². The number of nitrogens with one attached hydrogen (secondary N) is 2. The molecule has 24 heavy (non-hydrogen) atoms. The molecule has 0 radical (unpaired) electrons. The van der Waals surface area contributed by atoms with Crippen molar-refractivity contribution in [2.24, 2.45) is 0 Å². The third kappa shape index (κ3) is 1.95. The molecule has 5 aromatic heterocycles. The van der Waals surface area contributed by atoms with Crippen molar-refractivity contribution in [3.8, 4) is 22.6 Å². The SMILES string of the molecule is c1cnc2cc(-c3n[nH]c4cnc(-c5cncnc5)cc34)[nH]c2c1. The molecular weight excluding hydrogens is 302 g/mol. The van der Waals surface area contributed by atoms with Crippen LogP contribution in [0.1, 0.15) is 0 Å². The van der Waals surface area contributed by atoms with Crippen molar-refractivity contribution in [2.45, 2.75) is 0 Å². The van der Waals surface area contributed by atoms with E-state index in [-0.39, 0.29) is 0 Å². The van der Waals surface area contributed by atoms with E-state index >= 15 is 0 Å². The zero-order valence-electron chi connectivity index (χ0n) is 12.4. The average molecular weight is 313 g/mol. The molecule has 114 valence electrons. The van der Waals surface area contributed by atoms with Gasteiger partial charge in [0, 0.05) is 29.5 Å². The van der Waals surface area contributed by atoms with Gasteiger partial charge in [0.2, 0.25) is 0 Å². The molecule has 0 bridgehead atoms. The van der Waals surface area contributed by atoms with Crippen LogP contribution in [0.4, 0.5) is 0 Å². The molecule has 0 unspecified atom stereocenters. The Morgan fingerprint density at radius 3 is 2.71 bits per heavy atom. The molecule has 0 atom stereocenters. The molecule has 0 aliphatic rings. The molecule has 5 aromatic rings. The van der Waals surface area contributed by atoms with Crippen molar-refractivity contribution in [1.82, 2.24) is 35.1 Å². The zero-order chi connectivity index (χ0) is 15.9. The fourth-order valence-electron chi connectivity index (χ4n) is 2.79. The van der Waals surface area contributed by atoms with Crippen molar-refractivity contribution in [2.75, 3.05) is 0 Å². The van der Waals surface area contributed by atoms with Crippen molar-refractivity contribution >= 4 is 21.9 Å². The zero-order valence-corrected chi connectivity index (χ0v) is 12.4. The van der Waals surface area contributed by atoms with Crippen LogP contribution in [0, 0.1) is 0 Å². The van der Waals surface area contributed by atoms with Gasteiger partial charge < -0.3 is 4.98 Å². The monoisotopic (exact) mass is 313 g/mol. The number of pyridine rings is 2. The molecule has 7 heteroatoms. The van der Waals surface area contributed by atoms with Gasteiger partial charge in [0.15, 0.2) is 0 Å². The summed E-state index contributed by atoms with van der Waals surface area (Å²) in [6.45, 7) is 0. The summed E-state index contributed by atoms with van der Waals surface area (Å²) in [5.41, 5.74) is 6.19. The van der Waals surface area contributed by atoms with Gasteiger partial charge in [-0.3, -0.25) is 15.1 Å². The highest BCUT2D eigenvalue weighted by Crippen LogP contribution is 2.29. The first-order chi connectivity index (χ1) is 11.9. The van der Waals surface area contributed by atoms with Crippen LogP contribution in [0.3, 0.4) is 0 Å². The van der Waals surface area contributed by atoms with Crippen molar-refractivity contribution in [1.29, 1.82) is 0 Å². The molecule has 0 aliphatic carbocycles. The lowest BCUT2D eigenvalue weighted by molar-refractivity contribution is 1.11. The van der Waals surface area contributed by atoms with Crippen LogP contribution in [0.2, 0.25) is 0 Å². The Labute approximate surface area is 135 Å². The Morgan fingerprint density at radius 2 is 1.83 bits per heavy atom. The first-order valence-corrected chi connectivity index (χ1v) is 7.42. The normalized spacial score (nSPS) is 11.3. The minimum Gasteiger partial charge on any atom is -0.352 e. The van der Waals surface area contributed by atoms with Crippen LogP contribution in [0.25, 0.3) is 44.6 Å². The molecule has 7 nitrogen and oxygen atoms in total. The maximum Gasteiger partial charge on any atom is 0.116 e. The van der Waals surface area contributed by atoms with Gasteiger partial charge in [0.05, 0.1) is 34.1 Å². The summed E-state index contributed by atoms with van der Waals surface area (Å²) in [6, 6.07) is 7.89. The number of aromatic nitrogens is 7. The van der Waals surface area contributed by atoms with E-state index in [4.69, 9.17) is 0 Å². The van der Waals surface area contributed by atoms with Gasteiger partial charge in [-0.05, 0) is 24.3 Å². The van der Waals surface area contributed by atoms with Crippen molar-refractivity contribution in [3.63, 3.8) is 0 Å². The predicted molar refractivity (Wildman–Crippen MR) is 90.0 cm³/mol. The maximum absolute atomic E-state index is 4.45. The number of hydrogen-bond acceptors (Lipinski definition) is 5. The Kier molecular flexibility index (Phi) is 2.66. The molecule has 0 fully saturated rings. The summed E-state index contributed by atoms with van der Waals surface area (Å²) >= 11 is 0. The van der Waals surface area contributed by atoms with E-state index in [0.717, 1.165) is 44.6 Å². The summed E-state index contributed by atoms with van der Waals surface area (Å²) in [4.78, 5) is 20.3. The van der Waals surface area contributed by atoms with Gasteiger partial charge in [-0.1, -0.05) is 0 Å². The quantitative estimate of drug-likeness (QED) is 0.522. The van der Waals surface area contributed by atoms with Gasteiger partial charge >= 0.3 is 0 Å². The van der Waals surface area contributed by atoms with Crippen LogP contribution in [0.5, 0.6) is 0 Å². The van der Waals surface area contributed by atoms with Gasteiger partial charge in [-0.15, -0.1) is 0 Å². The number of aromatic amines is 2. The molecule has 0 saturated heterocycles. The highest BCUT2D eigenvalue weighted by molar-refractivity contribution is 5.96. The molecule has 0 spiro atoms. The summed E-state index contributed by atoms with van der Waals surface area (Å²) in [5.74, 6) is 0. The summed E-state index contributed by atoms with van der Waals surface area (Å²) in [5, 5.41) is 8.45. The number of H-pyrrole nitrogens is 2. The van der Waals surface area contributed by atoms with E-state index in [2.05, 4.69) is 35.1 Å². The molecule has 0 aliphatic heterocycles. The fraction of sp³-hybridized carbons (Fsp3) is 0. The van der Waals surface area contributed by atoms with Gasteiger partial charge in [0.25, 0.3) is 0 Å². The maximum atomic E-state index is 4.45. The summed E-state index contributed by atoms with van der Waals surface area (Å²) in [6.07, 6.45) is 8.54. The first kappa shape index (κ1) is 12.9. The third-order valence-electron chi connectivity index (χ3n) is 3.95. The van der Waals surface area contributed by atoms with Crippen LogP contribution < -0.4 is 0 Å². The highest BCUT2D eigenvalue weighted by atomic mass is 15.1. The molecule has 0 saturated carbocycles. The number of rotatable bonds is 2. The Balaban J connectivity index is 1.71. The molecule has 5 rings (SSSR count). The second kappa shape index (κ2) is 4.95. The van der Waals surface area contributed by atoms with Gasteiger partial charge in [-0.25, -0.2) is 9.97 Å². The Morgan fingerprint density at radius 1 is 0.917 bits per heavy atom. The van der Waals surface area contributed by atoms with Crippen LogP contribution >= 0.6 is 0 Å². The van der Waals surface area contributed by atoms with E-state index in [1.807, 2.05) is 24.3 Å². The minimum absolute atomic E-state index is 0.806. The van der Waals surface area contributed by atoms with Crippen LogP contribution in [-0.4, -0.2) is 35.1 Å². The van der Waals surface area contributed by atoms with E-state index in [1.165, 1.54) is 6.33 Å². The number of hydrogen-bond donors (Lipinski definition) is 2.